The minimum atomic E-state index is -1.64. The van der Waals surface area contributed by atoms with Crippen molar-refractivity contribution < 1.29 is 49.8 Å². The Hall–Kier alpha value is -1.67. The Morgan fingerprint density at radius 2 is 1.56 bits per heavy atom. The third-order valence-electron chi connectivity index (χ3n) is 8.88. The number of ether oxygens (including phenoxy) is 1. The smallest absolute Gasteiger partial charge is 0.256 e. The highest BCUT2D eigenvalue weighted by Crippen LogP contribution is 2.50. The SMILES string of the molecule is O=C1[C@H]2[C@H]3[C@H](O)[C@H](O)C/C(=N\O[C@@H]4O[C@H](CO)[C@@H](O)[C@H](O)[C@H]4O)[C@H]3CC[C@H]2C(=O)N1C1CCCCC1. The number of aliphatic hydroxyl groups is 6. The van der Waals surface area contributed by atoms with Crippen LogP contribution in [0.2, 0.25) is 0 Å². The highest BCUT2D eigenvalue weighted by molar-refractivity contribution is 6.06. The van der Waals surface area contributed by atoms with E-state index in [4.69, 9.17) is 9.57 Å². The number of carbonyl (C=O) groups excluding carboxylic acids is 2. The molecule has 2 saturated heterocycles. The number of amides is 2. The van der Waals surface area contributed by atoms with Crippen LogP contribution in [0.5, 0.6) is 0 Å². The average Bonchev–Trinajstić information content (AvgIpc) is 3.14. The first kappa shape index (κ1) is 26.0. The van der Waals surface area contributed by atoms with Crippen molar-refractivity contribution >= 4 is 17.5 Å². The van der Waals surface area contributed by atoms with Crippen LogP contribution < -0.4 is 0 Å². The molecular formula is C24H36N2O10. The van der Waals surface area contributed by atoms with E-state index in [1.165, 1.54) is 4.90 Å². The lowest BCUT2D eigenvalue weighted by atomic mass is 9.60. The number of nitrogens with zero attached hydrogens (tertiary/aromatic N) is 2. The lowest BCUT2D eigenvalue weighted by molar-refractivity contribution is -0.301. The second-order valence-electron chi connectivity index (χ2n) is 10.9. The number of hydrogen-bond acceptors (Lipinski definition) is 11. The van der Waals surface area contributed by atoms with Gasteiger partial charge < -0.3 is 40.2 Å². The molecule has 12 nitrogen and oxygen atoms in total. The van der Waals surface area contributed by atoms with Gasteiger partial charge in [-0.25, -0.2) is 0 Å². The predicted octanol–water partition coefficient (Wildman–Crippen LogP) is -1.76. The van der Waals surface area contributed by atoms with Crippen LogP contribution in [0.3, 0.4) is 0 Å². The zero-order chi connectivity index (χ0) is 25.7. The van der Waals surface area contributed by atoms with Gasteiger partial charge in [-0.05, 0) is 25.7 Å². The third-order valence-corrected chi connectivity index (χ3v) is 8.88. The van der Waals surface area contributed by atoms with Crippen LogP contribution in [0.25, 0.3) is 0 Å². The van der Waals surface area contributed by atoms with E-state index in [0.717, 1.165) is 32.1 Å². The van der Waals surface area contributed by atoms with E-state index >= 15 is 0 Å². The van der Waals surface area contributed by atoms with Gasteiger partial charge in [0.2, 0.25) is 11.8 Å². The van der Waals surface area contributed by atoms with Crippen molar-refractivity contribution in [2.24, 2.45) is 28.8 Å². The summed E-state index contributed by atoms with van der Waals surface area (Å²) in [6.07, 6.45) is -4.43. The van der Waals surface area contributed by atoms with Gasteiger partial charge in [0, 0.05) is 24.3 Å². The Morgan fingerprint density at radius 1 is 0.861 bits per heavy atom. The molecule has 2 heterocycles. The van der Waals surface area contributed by atoms with E-state index in [-0.39, 0.29) is 24.3 Å². The van der Waals surface area contributed by atoms with Crippen molar-refractivity contribution in [3.63, 3.8) is 0 Å². The Kier molecular flexibility index (Phi) is 7.38. The van der Waals surface area contributed by atoms with Gasteiger partial charge in [-0.15, -0.1) is 0 Å². The number of fused-ring (bicyclic) bond motifs is 3. The molecule has 0 radical (unpaired) electrons. The van der Waals surface area contributed by atoms with Crippen LogP contribution in [-0.2, 0) is 19.2 Å². The van der Waals surface area contributed by atoms with Crippen LogP contribution >= 0.6 is 0 Å². The maximum absolute atomic E-state index is 13.6. The predicted molar refractivity (Wildman–Crippen MR) is 121 cm³/mol. The Labute approximate surface area is 208 Å². The zero-order valence-electron chi connectivity index (χ0n) is 20.0. The van der Waals surface area contributed by atoms with Gasteiger partial charge in [-0.3, -0.25) is 14.5 Å². The quantitative estimate of drug-likeness (QED) is 0.186. The summed E-state index contributed by atoms with van der Waals surface area (Å²) in [4.78, 5) is 33.6. The summed E-state index contributed by atoms with van der Waals surface area (Å²) in [5.41, 5.74) is 0.365. The van der Waals surface area contributed by atoms with E-state index in [9.17, 15) is 40.2 Å². The van der Waals surface area contributed by atoms with E-state index in [2.05, 4.69) is 5.16 Å². The minimum absolute atomic E-state index is 0.0361. The fourth-order valence-corrected chi connectivity index (χ4v) is 6.97. The summed E-state index contributed by atoms with van der Waals surface area (Å²) in [5.74, 6) is -2.89. The first-order valence-corrected chi connectivity index (χ1v) is 13.0. The number of likely N-dealkylation sites (tertiary alicyclic amines) is 1. The van der Waals surface area contributed by atoms with E-state index < -0.39 is 73.2 Å². The highest BCUT2D eigenvalue weighted by Gasteiger charge is 2.60. The molecule has 3 saturated carbocycles. The van der Waals surface area contributed by atoms with Crippen molar-refractivity contribution in [2.45, 2.75) is 100 Å². The van der Waals surface area contributed by atoms with Gasteiger partial charge in [-0.1, -0.05) is 24.4 Å². The number of oxime groups is 1. The molecule has 0 aromatic heterocycles. The molecule has 11 atom stereocenters. The molecule has 2 amide bonds. The number of imide groups is 1. The van der Waals surface area contributed by atoms with Gasteiger partial charge in [0.15, 0.2) is 0 Å². The third kappa shape index (κ3) is 4.26. The Morgan fingerprint density at radius 3 is 2.25 bits per heavy atom. The molecule has 0 bridgehead atoms. The Bertz CT molecular complexity index is 877. The lowest BCUT2D eigenvalue weighted by Crippen LogP contribution is -2.59. The van der Waals surface area contributed by atoms with Gasteiger partial charge in [0.25, 0.3) is 6.29 Å². The first-order valence-electron chi connectivity index (χ1n) is 13.0. The first-order chi connectivity index (χ1) is 17.2. The van der Waals surface area contributed by atoms with E-state index in [0.29, 0.717) is 18.6 Å². The lowest BCUT2D eigenvalue weighted by Gasteiger charge is -2.45. The molecule has 36 heavy (non-hydrogen) atoms. The second-order valence-corrected chi connectivity index (χ2v) is 10.9. The number of hydrogen-bond donors (Lipinski definition) is 6. The summed E-state index contributed by atoms with van der Waals surface area (Å²) >= 11 is 0. The molecule has 0 aromatic rings. The molecule has 0 spiro atoms. The van der Waals surface area contributed by atoms with Crippen LogP contribution in [0.4, 0.5) is 0 Å². The largest absolute Gasteiger partial charge is 0.394 e. The number of rotatable bonds is 4. The topological polar surface area (TPSA) is 190 Å². The standard InChI is InChI=1S/C24H36N2O10/c27-9-15-19(30)20(31)21(32)24(35-15)36-25-13-8-14(28)18(29)16-11(13)6-7-12-17(16)23(34)26(22(12)33)10-4-2-1-3-5-10/h10-12,14-21,24,27-32H,1-9H2/b25-13+/t11-,12-,14-,15-,16+,17-,18-,19-,20+,21-,24+/m1/s1. The van der Waals surface area contributed by atoms with Crippen LogP contribution in [0, 0.1) is 23.7 Å². The van der Waals surface area contributed by atoms with Crippen LogP contribution in [-0.4, -0.2) is 109 Å². The maximum Gasteiger partial charge on any atom is 0.256 e. The molecule has 6 N–H and O–H groups in total. The van der Waals surface area contributed by atoms with E-state index in [1.54, 1.807) is 0 Å². The minimum Gasteiger partial charge on any atom is -0.394 e. The van der Waals surface area contributed by atoms with Crippen molar-refractivity contribution in [1.82, 2.24) is 4.90 Å². The zero-order valence-corrected chi connectivity index (χ0v) is 20.0. The van der Waals surface area contributed by atoms with Crippen LogP contribution in [0.15, 0.2) is 5.16 Å². The van der Waals surface area contributed by atoms with Crippen LogP contribution in [0.1, 0.15) is 51.4 Å². The van der Waals surface area contributed by atoms with E-state index in [1.807, 2.05) is 0 Å². The van der Waals surface area contributed by atoms with Crippen molar-refractivity contribution in [2.75, 3.05) is 6.61 Å². The molecule has 5 aliphatic rings. The molecule has 5 rings (SSSR count). The van der Waals surface area contributed by atoms with Crippen molar-refractivity contribution in [3.8, 4) is 0 Å². The molecule has 0 aromatic carbocycles. The summed E-state index contributed by atoms with van der Waals surface area (Å²) < 4.78 is 5.33. The number of aliphatic hydroxyl groups excluding tert-OH is 6. The summed E-state index contributed by atoms with van der Waals surface area (Å²) in [5, 5.41) is 65.2. The molecular weight excluding hydrogens is 476 g/mol. The average molecular weight is 513 g/mol. The van der Waals surface area contributed by atoms with Gasteiger partial charge >= 0.3 is 0 Å². The molecule has 12 heteroatoms. The molecule has 0 unspecified atom stereocenters. The fraction of sp³-hybridized carbons (Fsp3) is 0.875. The van der Waals surface area contributed by atoms with Gasteiger partial charge in [0.05, 0.1) is 36.4 Å². The van der Waals surface area contributed by atoms with Gasteiger partial charge in [0.1, 0.15) is 24.4 Å². The van der Waals surface area contributed by atoms with Gasteiger partial charge in [-0.2, -0.15) is 0 Å². The summed E-state index contributed by atoms with van der Waals surface area (Å²) in [6, 6.07) is -0.115. The molecule has 5 fully saturated rings. The summed E-state index contributed by atoms with van der Waals surface area (Å²) in [7, 11) is 0. The number of carbonyl (C=O) groups is 2. The second kappa shape index (κ2) is 10.2. The maximum atomic E-state index is 13.6. The van der Waals surface area contributed by atoms with Crippen molar-refractivity contribution in [3.05, 3.63) is 0 Å². The molecule has 202 valence electrons. The summed E-state index contributed by atoms with van der Waals surface area (Å²) in [6.45, 7) is -0.617. The normalized spacial score (nSPS) is 47.1. The molecule has 2 aliphatic heterocycles. The molecule has 3 aliphatic carbocycles. The highest BCUT2D eigenvalue weighted by atomic mass is 16.8. The monoisotopic (exact) mass is 512 g/mol. The van der Waals surface area contributed by atoms with Crippen molar-refractivity contribution in [1.29, 1.82) is 0 Å². The Balaban J connectivity index is 1.37. The fourth-order valence-electron chi connectivity index (χ4n) is 6.97.